The summed E-state index contributed by atoms with van der Waals surface area (Å²) in [7, 11) is 0. The number of piperidine rings is 1. The van der Waals surface area contributed by atoms with Crippen LogP contribution >= 0.6 is 12.4 Å². The normalized spacial score (nSPS) is 25.3. The zero-order valence-electron chi connectivity index (χ0n) is 14.6. The number of anilines is 1. The minimum atomic E-state index is -4.53. The number of nitrogens with zero attached hydrogens (tertiary/aromatic N) is 2. The van der Waals surface area contributed by atoms with Crippen molar-refractivity contribution in [3.05, 3.63) is 29.3 Å². The number of alkyl halides is 3. The van der Waals surface area contributed by atoms with Crippen molar-refractivity contribution < 1.29 is 17.9 Å². The molecule has 2 saturated heterocycles. The molecule has 0 aromatic heterocycles. The summed E-state index contributed by atoms with van der Waals surface area (Å²) in [4.78, 5) is 2.01. The third kappa shape index (κ3) is 3.93. The first-order valence-corrected chi connectivity index (χ1v) is 8.54. The molecule has 2 aliphatic heterocycles. The van der Waals surface area contributed by atoms with E-state index in [1.54, 1.807) is 12.1 Å². The summed E-state index contributed by atoms with van der Waals surface area (Å²) in [5.74, 6) is 0.345. The molecule has 26 heavy (non-hydrogen) atoms. The maximum atomic E-state index is 13.2. The van der Waals surface area contributed by atoms with Gasteiger partial charge in [-0.2, -0.15) is 18.4 Å². The fourth-order valence-electron chi connectivity index (χ4n) is 4.01. The first-order valence-electron chi connectivity index (χ1n) is 8.54. The molecule has 144 valence electrons. The van der Waals surface area contributed by atoms with Crippen LogP contribution in [0.4, 0.5) is 18.9 Å². The lowest BCUT2D eigenvalue weighted by molar-refractivity contribution is -0.137. The number of benzene rings is 1. The van der Waals surface area contributed by atoms with Gasteiger partial charge in [0.05, 0.1) is 23.8 Å². The Balaban J connectivity index is 0.00000243. The summed E-state index contributed by atoms with van der Waals surface area (Å²) < 4.78 is 45.4. The molecule has 1 aromatic rings. The van der Waals surface area contributed by atoms with Crippen LogP contribution in [0.5, 0.6) is 0 Å². The molecule has 0 unspecified atom stereocenters. The monoisotopic (exact) mass is 389 g/mol. The van der Waals surface area contributed by atoms with Crippen molar-refractivity contribution >= 4 is 18.1 Å². The van der Waals surface area contributed by atoms with Crippen molar-refractivity contribution in [3.63, 3.8) is 0 Å². The Morgan fingerprint density at radius 2 is 2.19 bits per heavy atom. The number of nitriles is 1. The minimum absolute atomic E-state index is 0. The first kappa shape index (κ1) is 20.8. The molecule has 0 bridgehead atoms. The highest BCUT2D eigenvalue weighted by atomic mass is 35.5. The third-order valence-corrected chi connectivity index (χ3v) is 5.39. The molecule has 0 aliphatic carbocycles. The van der Waals surface area contributed by atoms with Crippen molar-refractivity contribution in [2.24, 2.45) is 11.3 Å². The van der Waals surface area contributed by atoms with Gasteiger partial charge in [-0.15, -0.1) is 12.4 Å². The Morgan fingerprint density at radius 1 is 1.42 bits per heavy atom. The van der Waals surface area contributed by atoms with Crippen LogP contribution in [0.2, 0.25) is 0 Å². The first-order chi connectivity index (χ1) is 11.9. The molecule has 8 heteroatoms. The number of halogens is 4. The average molecular weight is 390 g/mol. The highest BCUT2D eigenvalue weighted by Crippen LogP contribution is 2.44. The second-order valence-corrected chi connectivity index (χ2v) is 6.87. The van der Waals surface area contributed by atoms with E-state index in [1.807, 2.05) is 11.8 Å². The van der Waals surface area contributed by atoms with Gasteiger partial charge >= 0.3 is 6.18 Å². The average Bonchev–Trinajstić information content (AvgIpc) is 2.98. The molecule has 4 nitrogen and oxygen atoms in total. The molecule has 2 heterocycles. The predicted molar refractivity (Wildman–Crippen MR) is 95.5 cm³/mol. The van der Waals surface area contributed by atoms with Crippen molar-refractivity contribution in [2.75, 3.05) is 44.3 Å². The fourth-order valence-corrected chi connectivity index (χ4v) is 4.01. The maximum absolute atomic E-state index is 13.2. The molecule has 1 N–H and O–H groups in total. The topological polar surface area (TPSA) is 48.3 Å². The molecule has 0 saturated carbocycles. The van der Waals surface area contributed by atoms with Gasteiger partial charge in [-0.3, -0.25) is 0 Å². The quantitative estimate of drug-likeness (QED) is 0.856. The van der Waals surface area contributed by atoms with Crippen LogP contribution in [0.25, 0.3) is 0 Å². The lowest BCUT2D eigenvalue weighted by atomic mass is 9.74. The number of ether oxygens (including phenoxy) is 1. The van der Waals surface area contributed by atoms with Crippen LogP contribution in [0.3, 0.4) is 0 Å². The molecule has 2 atom stereocenters. The Morgan fingerprint density at radius 3 is 2.85 bits per heavy atom. The Kier molecular flexibility index (Phi) is 6.43. The summed E-state index contributed by atoms with van der Waals surface area (Å²) in [6.07, 6.45) is -3.57. The second-order valence-electron chi connectivity index (χ2n) is 6.87. The van der Waals surface area contributed by atoms with Gasteiger partial charge in [-0.05, 0) is 44.0 Å². The van der Waals surface area contributed by atoms with Gasteiger partial charge in [-0.1, -0.05) is 0 Å². The molecule has 3 rings (SSSR count). The van der Waals surface area contributed by atoms with E-state index in [4.69, 9.17) is 10.00 Å². The molecule has 2 aliphatic rings. The van der Waals surface area contributed by atoms with E-state index in [-0.39, 0.29) is 23.4 Å². The van der Waals surface area contributed by atoms with Crippen molar-refractivity contribution in [1.82, 2.24) is 5.32 Å². The van der Waals surface area contributed by atoms with Gasteiger partial charge in [0.15, 0.2) is 0 Å². The van der Waals surface area contributed by atoms with Crippen LogP contribution in [-0.4, -0.2) is 39.4 Å². The van der Waals surface area contributed by atoms with Gasteiger partial charge in [0.1, 0.15) is 0 Å². The Labute approximate surface area is 157 Å². The summed E-state index contributed by atoms with van der Waals surface area (Å²) in [5.41, 5.74) is -0.692. The van der Waals surface area contributed by atoms with Crippen molar-refractivity contribution in [2.45, 2.75) is 19.5 Å². The van der Waals surface area contributed by atoms with E-state index < -0.39 is 11.7 Å². The molecular weight excluding hydrogens is 367 g/mol. The van der Waals surface area contributed by atoms with E-state index in [1.165, 1.54) is 6.07 Å². The number of hydrogen-bond acceptors (Lipinski definition) is 4. The third-order valence-electron chi connectivity index (χ3n) is 5.39. The smallest absolute Gasteiger partial charge is 0.381 e. The highest BCUT2D eigenvalue weighted by molar-refractivity contribution is 5.85. The number of fused-ring (bicyclic) bond motifs is 1. The Hall–Kier alpha value is -1.49. The van der Waals surface area contributed by atoms with Crippen LogP contribution in [-0.2, 0) is 10.9 Å². The van der Waals surface area contributed by atoms with E-state index in [9.17, 15) is 13.2 Å². The zero-order valence-corrected chi connectivity index (χ0v) is 15.4. The van der Waals surface area contributed by atoms with E-state index in [2.05, 4.69) is 5.32 Å². The molecule has 0 amide bonds. The number of hydrogen-bond donors (Lipinski definition) is 1. The molecule has 2 fully saturated rings. The lowest BCUT2D eigenvalue weighted by Gasteiger charge is -2.38. The molecule has 0 spiro atoms. The molecule has 0 radical (unpaired) electrons. The lowest BCUT2D eigenvalue weighted by Crippen LogP contribution is -2.47. The summed E-state index contributed by atoms with van der Waals surface area (Å²) in [5, 5.41) is 12.3. The molecule has 1 aromatic carbocycles. The van der Waals surface area contributed by atoms with Gasteiger partial charge in [-0.25, -0.2) is 0 Å². The summed E-state index contributed by atoms with van der Waals surface area (Å²) in [6, 6.07) is 5.63. The van der Waals surface area contributed by atoms with Gasteiger partial charge in [0, 0.05) is 37.3 Å². The van der Waals surface area contributed by atoms with Gasteiger partial charge < -0.3 is 15.0 Å². The van der Waals surface area contributed by atoms with Crippen LogP contribution < -0.4 is 10.2 Å². The molecular formula is C18H23ClF3N3O. The van der Waals surface area contributed by atoms with Crippen LogP contribution in [0, 0.1) is 22.7 Å². The van der Waals surface area contributed by atoms with E-state index in [0.717, 1.165) is 25.6 Å². The van der Waals surface area contributed by atoms with Gasteiger partial charge in [0.25, 0.3) is 0 Å². The second kappa shape index (κ2) is 8.03. The van der Waals surface area contributed by atoms with Crippen LogP contribution in [0.15, 0.2) is 18.2 Å². The van der Waals surface area contributed by atoms with Crippen LogP contribution in [0.1, 0.15) is 24.5 Å². The summed E-state index contributed by atoms with van der Waals surface area (Å²) in [6.45, 7) is 6.36. The highest BCUT2D eigenvalue weighted by Gasteiger charge is 2.48. The largest absolute Gasteiger partial charge is 0.417 e. The standard InChI is InChI=1S/C18H22F3N3O.ClH/c1-2-25-12-17-5-6-23-9-14(17)10-24(11-17)15-4-3-13(8-22)16(7-15)18(19,20)21;/h3-4,7,14,23H,2,5-6,9-12H2,1H3;1H/t14-,17+;/m1./s1. The number of rotatable bonds is 4. The minimum Gasteiger partial charge on any atom is -0.381 e. The zero-order chi connectivity index (χ0) is 18.1. The van der Waals surface area contributed by atoms with E-state index in [0.29, 0.717) is 37.9 Å². The van der Waals surface area contributed by atoms with Gasteiger partial charge in [0.2, 0.25) is 0 Å². The SMILES string of the molecule is CCOC[C@@]12CCNC[C@@H]1CN(c1ccc(C#N)c(C(F)(F)F)c1)C2.Cl. The predicted octanol–water partition coefficient (Wildman–Crippen LogP) is 3.45. The fraction of sp³-hybridized carbons (Fsp3) is 0.611. The summed E-state index contributed by atoms with van der Waals surface area (Å²) >= 11 is 0. The maximum Gasteiger partial charge on any atom is 0.417 e. The van der Waals surface area contributed by atoms with Crippen molar-refractivity contribution in [1.29, 1.82) is 5.26 Å². The Bertz CT molecular complexity index is 677. The van der Waals surface area contributed by atoms with Crippen molar-refractivity contribution in [3.8, 4) is 6.07 Å². The number of nitrogens with one attached hydrogen (secondary N) is 1. The van der Waals surface area contributed by atoms with E-state index >= 15 is 0 Å².